The highest BCUT2D eigenvalue weighted by Crippen LogP contribution is 2.21. The van der Waals surface area contributed by atoms with Crippen LogP contribution in [0.4, 0.5) is 0 Å². The molecule has 0 aromatic heterocycles. The first kappa shape index (κ1) is 21.4. The molecular weight excluding hydrogens is 348 g/mol. The van der Waals surface area contributed by atoms with Crippen molar-refractivity contribution in [2.45, 2.75) is 70.4 Å². The van der Waals surface area contributed by atoms with E-state index in [9.17, 15) is 19.5 Å². The van der Waals surface area contributed by atoms with E-state index >= 15 is 0 Å². The summed E-state index contributed by atoms with van der Waals surface area (Å²) >= 11 is 0. The molecule has 7 heteroatoms. The van der Waals surface area contributed by atoms with Crippen LogP contribution in [-0.4, -0.2) is 59.6 Å². The second-order valence-electron chi connectivity index (χ2n) is 7.51. The standard InChI is InChI=1S/C20H32N2O5/c1-15-14-27-19(25)10-6-4-2-3-5-8-16(20(26)21-15)12-18(24)22-11-7-9-17(22)13-23/h3,5,15-17,23H,2,4,6-14H2,1H3,(H,21,26). The topological polar surface area (TPSA) is 95.9 Å². The molecule has 2 amide bonds. The number of hydrogen-bond acceptors (Lipinski definition) is 5. The molecule has 7 nitrogen and oxygen atoms in total. The number of nitrogens with one attached hydrogen (secondary N) is 1. The van der Waals surface area contributed by atoms with Gasteiger partial charge in [0.1, 0.15) is 6.61 Å². The van der Waals surface area contributed by atoms with E-state index in [2.05, 4.69) is 5.32 Å². The zero-order chi connectivity index (χ0) is 19.6. The van der Waals surface area contributed by atoms with Gasteiger partial charge in [-0.3, -0.25) is 14.4 Å². The monoisotopic (exact) mass is 380 g/mol. The zero-order valence-corrected chi connectivity index (χ0v) is 16.2. The number of carbonyl (C=O) groups is 3. The average molecular weight is 380 g/mol. The van der Waals surface area contributed by atoms with Gasteiger partial charge in [0.05, 0.1) is 24.6 Å². The van der Waals surface area contributed by atoms with Crippen LogP contribution >= 0.6 is 0 Å². The van der Waals surface area contributed by atoms with Crippen molar-refractivity contribution in [3.63, 3.8) is 0 Å². The van der Waals surface area contributed by atoms with E-state index in [1.54, 1.807) is 11.8 Å². The van der Waals surface area contributed by atoms with Crippen molar-refractivity contribution < 1.29 is 24.2 Å². The number of rotatable bonds is 3. The maximum absolute atomic E-state index is 12.7. The molecule has 0 bridgehead atoms. The van der Waals surface area contributed by atoms with Gasteiger partial charge in [-0.05, 0) is 45.4 Å². The second kappa shape index (κ2) is 11.1. The van der Waals surface area contributed by atoms with Crippen LogP contribution in [-0.2, 0) is 19.1 Å². The molecule has 0 spiro atoms. The van der Waals surface area contributed by atoms with Crippen molar-refractivity contribution in [3.05, 3.63) is 12.2 Å². The van der Waals surface area contributed by atoms with E-state index in [1.807, 2.05) is 12.2 Å². The molecule has 3 unspecified atom stereocenters. The molecule has 152 valence electrons. The van der Waals surface area contributed by atoms with Gasteiger partial charge in [-0.15, -0.1) is 0 Å². The third-order valence-electron chi connectivity index (χ3n) is 5.17. The first-order chi connectivity index (χ1) is 13.0. The quantitative estimate of drug-likeness (QED) is 0.572. The maximum atomic E-state index is 12.7. The molecule has 0 aromatic carbocycles. The Labute approximate surface area is 161 Å². The van der Waals surface area contributed by atoms with Gasteiger partial charge in [0.15, 0.2) is 0 Å². The summed E-state index contributed by atoms with van der Waals surface area (Å²) < 4.78 is 5.20. The molecule has 3 atom stereocenters. The molecule has 1 fully saturated rings. The van der Waals surface area contributed by atoms with E-state index in [4.69, 9.17) is 4.74 Å². The number of cyclic esters (lactones) is 1. The van der Waals surface area contributed by atoms with E-state index in [0.29, 0.717) is 19.4 Å². The molecule has 1 saturated heterocycles. The Morgan fingerprint density at radius 1 is 1.30 bits per heavy atom. The number of nitrogens with zero attached hydrogens (tertiary/aromatic N) is 1. The normalized spacial score (nSPS) is 28.4. The summed E-state index contributed by atoms with van der Waals surface area (Å²) in [6.45, 7) is 2.53. The number of aliphatic hydroxyl groups is 1. The van der Waals surface area contributed by atoms with Crippen molar-refractivity contribution in [1.29, 1.82) is 0 Å². The Balaban J connectivity index is 2.01. The van der Waals surface area contributed by atoms with Crippen molar-refractivity contribution in [3.8, 4) is 0 Å². The Hall–Kier alpha value is -1.89. The second-order valence-corrected chi connectivity index (χ2v) is 7.51. The summed E-state index contributed by atoms with van der Waals surface area (Å²) in [5.41, 5.74) is 0. The Kier molecular flexibility index (Phi) is 8.78. The first-order valence-electron chi connectivity index (χ1n) is 10.0. The van der Waals surface area contributed by atoms with Crippen molar-refractivity contribution >= 4 is 17.8 Å². The number of aliphatic hydroxyl groups excluding tert-OH is 1. The number of likely N-dealkylation sites (tertiary alicyclic amines) is 1. The average Bonchev–Trinajstić information content (AvgIpc) is 3.12. The Bertz CT molecular complexity index is 548. The maximum Gasteiger partial charge on any atom is 0.305 e. The fourth-order valence-electron chi connectivity index (χ4n) is 3.57. The predicted molar refractivity (Wildman–Crippen MR) is 101 cm³/mol. The van der Waals surface area contributed by atoms with E-state index in [1.165, 1.54) is 0 Å². The van der Waals surface area contributed by atoms with Gasteiger partial charge in [0, 0.05) is 19.4 Å². The van der Waals surface area contributed by atoms with Crippen LogP contribution in [0, 0.1) is 5.92 Å². The molecule has 0 saturated carbocycles. The smallest absolute Gasteiger partial charge is 0.305 e. The fraction of sp³-hybridized carbons (Fsp3) is 0.750. The minimum absolute atomic E-state index is 0.0368. The molecule has 2 rings (SSSR count). The minimum Gasteiger partial charge on any atom is -0.464 e. The molecule has 27 heavy (non-hydrogen) atoms. The number of esters is 1. The van der Waals surface area contributed by atoms with E-state index < -0.39 is 5.92 Å². The number of carbonyl (C=O) groups excluding carboxylic acids is 3. The fourth-order valence-corrected chi connectivity index (χ4v) is 3.57. The van der Waals surface area contributed by atoms with Gasteiger partial charge in [-0.1, -0.05) is 12.2 Å². The van der Waals surface area contributed by atoms with Crippen molar-refractivity contribution in [2.24, 2.45) is 5.92 Å². The summed E-state index contributed by atoms with van der Waals surface area (Å²) in [4.78, 5) is 38.7. The lowest BCUT2D eigenvalue weighted by Crippen LogP contribution is -2.43. The Morgan fingerprint density at radius 2 is 2.11 bits per heavy atom. The first-order valence-corrected chi connectivity index (χ1v) is 10.0. The molecule has 0 radical (unpaired) electrons. The van der Waals surface area contributed by atoms with Crippen molar-refractivity contribution in [2.75, 3.05) is 19.8 Å². The molecule has 2 heterocycles. The molecule has 2 N–H and O–H groups in total. The van der Waals surface area contributed by atoms with Crippen LogP contribution in [0.5, 0.6) is 0 Å². The van der Waals surface area contributed by atoms with Crippen LogP contribution in [0.2, 0.25) is 0 Å². The van der Waals surface area contributed by atoms with Gasteiger partial charge in [-0.2, -0.15) is 0 Å². The van der Waals surface area contributed by atoms with Gasteiger partial charge in [-0.25, -0.2) is 0 Å². The van der Waals surface area contributed by atoms with Gasteiger partial charge in [0.25, 0.3) is 0 Å². The van der Waals surface area contributed by atoms with Gasteiger partial charge in [0.2, 0.25) is 11.8 Å². The molecular formula is C20H32N2O5. The molecule has 0 aromatic rings. The number of hydrogen-bond donors (Lipinski definition) is 2. The van der Waals surface area contributed by atoms with Crippen molar-refractivity contribution in [1.82, 2.24) is 10.2 Å². The SMILES string of the molecule is CC1COC(=O)CCCCC=CCC(CC(=O)N2CCCC2CO)C(=O)N1. The number of ether oxygens (including phenoxy) is 1. The highest BCUT2D eigenvalue weighted by Gasteiger charge is 2.31. The van der Waals surface area contributed by atoms with Gasteiger partial charge < -0.3 is 20.1 Å². The molecule has 2 aliphatic rings. The van der Waals surface area contributed by atoms with E-state index in [-0.39, 0.29) is 49.5 Å². The highest BCUT2D eigenvalue weighted by molar-refractivity contribution is 5.86. The van der Waals surface area contributed by atoms with Crippen LogP contribution < -0.4 is 5.32 Å². The summed E-state index contributed by atoms with van der Waals surface area (Å²) in [7, 11) is 0. The third-order valence-corrected chi connectivity index (χ3v) is 5.17. The lowest BCUT2D eigenvalue weighted by atomic mass is 9.98. The Morgan fingerprint density at radius 3 is 2.89 bits per heavy atom. The molecule has 0 aliphatic carbocycles. The largest absolute Gasteiger partial charge is 0.464 e. The summed E-state index contributed by atoms with van der Waals surface area (Å²) in [6.07, 6.45) is 9.19. The van der Waals surface area contributed by atoms with Crippen LogP contribution in [0.15, 0.2) is 12.2 Å². The highest BCUT2D eigenvalue weighted by atomic mass is 16.5. The summed E-state index contributed by atoms with van der Waals surface area (Å²) in [5.74, 6) is -0.989. The lowest BCUT2D eigenvalue weighted by molar-refractivity contribution is -0.145. The number of allylic oxidation sites excluding steroid dienone is 2. The number of amides is 2. The van der Waals surface area contributed by atoms with Crippen LogP contribution in [0.3, 0.4) is 0 Å². The predicted octanol–water partition coefficient (Wildman–Crippen LogP) is 1.54. The van der Waals surface area contributed by atoms with E-state index in [0.717, 1.165) is 32.1 Å². The van der Waals surface area contributed by atoms with Crippen LogP contribution in [0.1, 0.15) is 58.3 Å². The van der Waals surface area contributed by atoms with Crippen LogP contribution in [0.25, 0.3) is 0 Å². The minimum atomic E-state index is -0.463. The summed E-state index contributed by atoms with van der Waals surface area (Å²) in [6, 6.07) is -0.434. The zero-order valence-electron chi connectivity index (χ0n) is 16.2. The lowest BCUT2D eigenvalue weighted by Gasteiger charge is -2.26. The van der Waals surface area contributed by atoms with Gasteiger partial charge >= 0.3 is 5.97 Å². The molecule has 2 aliphatic heterocycles. The summed E-state index contributed by atoms with van der Waals surface area (Å²) in [5, 5.41) is 12.3. The third kappa shape index (κ3) is 6.97.